The largest absolute Gasteiger partial charge is 0.493 e. The lowest BCUT2D eigenvalue weighted by molar-refractivity contribution is -0.132. The Morgan fingerprint density at radius 2 is 2.12 bits per heavy atom. The van der Waals surface area contributed by atoms with E-state index in [1.54, 1.807) is 0 Å². The number of ether oxygens (including phenoxy) is 1. The molecule has 0 radical (unpaired) electrons. The summed E-state index contributed by atoms with van der Waals surface area (Å²) in [7, 11) is 1.95. The van der Waals surface area contributed by atoms with Gasteiger partial charge in [0.2, 0.25) is 5.91 Å². The van der Waals surface area contributed by atoms with E-state index in [0.29, 0.717) is 25.0 Å². The summed E-state index contributed by atoms with van der Waals surface area (Å²) in [6.45, 7) is 6.64. The Morgan fingerprint density at radius 1 is 1.33 bits per heavy atom. The molecule has 1 aliphatic rings. The van der Waals surface area contributed by atoms with Gasteiger partial charge in [-0.25, -0.2) is 0 Å². The van der Waals surface area contributed by atoms with Crippen LogP contribution in [0, 0.1) is 13.8 Å². The lowest BCUT2D eigenvalue weighted by Gasteiger charge is -2.24. The third-order valence-corrected chi connectivity index (χ3v) is 4.52. The highest BCUT2D eigenvalue weighted by Gasteiger charge is 2.27. The quantitative estimate of drug-likeness (QED) is 0.726. The van der Waals surface area contributed by atoms with E-state index in [1.165, 1.54) is 11.1 Å². The van der Waals surface area contributed by atoms with Gasteiger partial charge in [0, 0.05) is 25.6 Å². The molecule has 0 saturated carbocycles. The van der Waals surface area contributed by atoms with E-state index in [-0.39, 0.29) is 12.4 Å². The van der Waals surface area contributed by atoms with Crippen LogP contribution in [0.15, 0.2) is 18.2 Å². The van der Waals surface area contributed by atoms with Crippen molar-refractivity contribution in [2.75, 3.05) is 26.7 Å². The fourth-order valence-electron chi connectivity index (χ4n) is 3.18. The average molecular weight is 355 g/mol. The number of likely N-dealkylation sites (tertiary alicyclic amines) is 1. The van der Waals surface area contributed by atoms with Crippen molar-refractivity contribution in [2.24, 2.45) is 0 Å². The van der Waals surface area contributed by atoms with Gasteiger partial charge in [0.05, 0.1) is 6.61 Å². The maximum Gasteiger partial charge on any atom is 0.222 e. The molecule has 1 aromatic carbocycles. The summed E-state index contributed by atoms with van der Waals surface area (Å²) < 4.78 is 5.85. The van der Waals surface area contributed by atoms with E-state index in [0.717, 1.165) is 44.5 Å². The molecule has 0 bridgehead atoms. The lowest BCUT2D eigenvalue weighted by atomic mass is 10.1. The number of nitrogens with zero attached hydrogens (tertiary/aromatic N) is 1. The van der Waals surface area contributed by atoms with Crippen LogP contribution in [0.1, 0.15) is 43.2 Å². The molecule has 0 spiro atoms. The Kier molecular flexibility index (Phi) is 9.16. The molecular weight excluding hydrogens is 324 g/mol. The van der Waals surface area contributed by atoms with Crippen molar-refractivity contribution < 1.29 is 9.53 Å². The van der Waals surface area contributed by atoms with Crippen LogP contribution in [-0.4, -0.2) is 43.6 Å². The first-order valence-corrected chi connectivity index (χ1v) is 8.76. The molecule has 1 saturated heterocycles. The van der Waals surface area contributed by atoms with Gasteiger partial charge >= 0.3 is 0 Å². The van der Waals surface area contributed by atoms with Gasteiger partial charge in [-0.05, 0) is 63.8 Å². The molecule has 5 heteroatoms. The molecule has 1 aliphatic heterocycles. The van der Waals surface area contributed by atoms with Crippen LogP contribution in [-0.2, 0) is 4.79 Å². The van der Waals surface area contributed by atoms with E-state index in [4.69, 9.17) is 4.74 Å². The summed E-state index contributed by atoms with van der Waals surface area (Å²) in [5, 5.41) is 3.18. The average Bonchev–Trinajstić information content (AvgIpc) is 2.99. The number of carbonyl (C=O) groups is 1. The molecular formula is C19H31ClN2O2. The number of hydrogen-bond donors (Lipinski definition) is 1. The standard InChI is InChI=1S/C19H30N2O2.ClH/c1-15-9-10-16(2)18(13-15)23-12-5-4-8-19(22)21-11-6-7-17(21)14-20-3;/h9-10,13,17,20H,4-8,11-12,14H2,1-3H3;1H. The first kappa shape index (κ1) is 20.8. The van der Waals surface area contributed by atoms with Crippen LogP contribution < -0.4 is 10.1 Å². The van der Waals surface area contributed by atoms with Crippen LogP contribution in [0.4, 0.5) is 0 Å². The van der Waals surface area contributed by atoms with Crippen LogP contribution in [0.3, 0.4) is 0 Å². The second-order valence-electron chi connectivity index (χ2n) is 6.52. The third-order valence-electron chi connectivity index (χ3n) is 4.52. The van der Waals surface area contributed by atoms with Crippen LogP contribution >= 0.6 is 12.4 Å². The number of hydrogen-bond acceptors (Lipinski definition) is 3. The highest BCUT2D eigenvalue weighted by molar-refractivity contribution is 5.85. The van der Waals surface area contributed by atoms with Crippen molar-refractivity contribution in [1.29, 1.82) is 0 Å². The van der Waals surface area contributed by atoms with Gasteiger partial charge in [0.25, 0.3) is 0 Å². The first-order valence-electron chi connectivity index (χ1n) is 8.76. The molecule has 1 unspecified atom stereocenters. The molecule has 1 amide bonds. The predicted octanol–water partition coefficient (Wildman–Crippen LogP) is 3.48. The van der Waals surface area contributed by atoms with Crippen LogP contribution in [0.2, 0.25) is 0 Å². The number of halogens is 1. The monoisotopic (exact) mass is 354 g/mol. The molecule has 1 N–H and O–H groups in total. The molecule has 0 aromatic heterocycles. The van der Waals surface area contributed by atoms with Gasteiger partial charge in [0.1, 0.15) is 5.75 Å². The van der Waals surface area contributed by atoms with Crippen LogP contribution in [0.25, 0.3) is 0 Å². The van der Waals surface area contributed by atoms with Gasteiger partial charge in [-0.1, -0.05) is 12.1 Å². The fraction of sp³-hybridized carbons (Fsp3) is 0.632. The Balaban J connectivity index is 0.00000288. The molecule has 1 fully saturated rings. The minimum Gasteiger partial charge on any atom is -0.493 e. The summed E-state index contributed by atoms with van der Waals surface area (Å²) in [4.78, 5) is 14.4. The normalized spacial score (nSPS) is 16.8. The molecule has 1 aromatic rings. The minimum atomic E-state index is 0. The molecule has 1 atom stereocenters. The molecule has 24 heavy (non-hydrogen) atoms. The Labute approximate surface area is 152 Å². The van der Waals surface area contributed by atoms with Crippen molar-refractivity contribution in [3.05, 3.63) is 29.3 Å². The Bertz CT molecular complexity index is 522. The minimum absolute atomic E-state index is 0. The van der Waals surface area contributed by atoms with Crippen LogP contribution in [0.5, 0.6) is 5.75 Å². The summed E-state index contributed by atoms with van der Waals surface area (Å²) in [5.74, 6) is 1.26. The number of likely N-dealkylation sites (N-methyl/N-ethyl adjacent to an activating group) is 1. The second kappa shape index (κ2) is 10.6. The maximum atomic E-state index is 12.3. The van der Waals surface area contributed by atoms with Crippen molar-refractivity contribution in [3.63, 3.8) is 0 Å². The SMILES string of the molecule is CNCC1CCCN1C(=O)CCCCOc1cc(C)ccc1C.Cl. The maximum absolute atomic E-state index is 12.3. The van der Waals surface area contributed by atoms with Crippen molar-refractivity contribution in [3.8, 4) is 5.75 Å². The fourth-order valence-corrected chi connectivity index (χ4v) is 3.18. The second-order valence-corrected chi connectivity index (χ2v) is 6.52. The molecule has 1 heterocycles. The third kappa shape index (κ3) is 5.99. The topological polar surface area (TPSA) is 41.6 Å². The van der Waals surface area contributed by atoms with Gasteiger partial charge in [-0.3, -0.25) is 4.79 Å². The summed E-state index contributed by atoms with van der Waals surface area (Å²) >= 11 is 0. The summed E-state index contributed by atoms with van der Waals surface area (Å²) in [6, 6.07) is 6.65. The van der Waals surface area contributed by atoms with E-state index in [9.17, 15) is 4.79 Å². The zero-order valence-corrected chi connectivity index (χ0v) is 16.0. The van der Waals surface area contributed by atoms with Crippen molar-refractivity contribution in [1.82, 2.24) is 10.2 Å². The number of carbonyl (C=O) groups excluding carboxylic acids is 1. The van der Waals surface area contributed by atoms with E-state index >= 15 is 0 Å². The van der Waals surface area contributed by atoms with E-state index < -0.39 is 0 Å². The highest BCUT2D eigenvalue weighted by Crippen LogP contribution is 2.20. The number of nitrogens with one attached hydrogen (secondary N) is 1. The Morgan fingerprint density at radius 3 is 2.88 bits per heavy atom. The highest BCUT2D eigenvalue weighted by atomic mass is 35.5. The number of amides is 1. The zero-order chi connectivity index (χ0) is 16.7. The van der Waals surface area contributed by atoms with Crippen molar-refractivity contribution in [2.45, 2.75) is 52.0 Å². The van der Waals surface area contributed by atoms with Gasteiger partial charge < -0.3 is 15.0 Å². The smallest absolute Gasteiger partial charge is 0.222 e. The zero-order valence-electron chi connectivity index (χ0n) is 15.1. The first-order chi connectivity index (χ1) is 11.1. The van der Waals surface area contributed by atoms with E-state index in [1.807, 2.05) is 7.05 Å². The van der Waals surface area contributed by atoms with Crippen molar-refractivity contribution >= 4 is 18.3 Å². The molecule has 4 nitrogen and oxygen atoms in total. The summed E-state index contributed by atoms with van der Waals surface area (Å²) in [6.07, 6.45) is 4.71. The molecule has 0 aliphatic carbocycles. The molecule has 2 rings (SSSR count). The number of rotatable bonds is 8. The van der Waals surface area contributed by atoms with Gasteiger partial charge in [-0.2, -0.15) is 0 Å². The van der Waals surface area contributed by atoms with Gasteiger partial charge in [0.15, 0.2) is 0 Å². The lowest BCUT2D eigenvalue weighted by Crippen LogP contribution is -2.40. The number of aryl methyl sites for hydroxylation is 2. The number of unbranched alkanes of at least 4 members (excludes halogenated alkanes) is 1. The van der Waals surface area contributed by atoms with E-state index in [2.05, 4.69) is 42.3 Å². The summed E-state index contributed by atoms with van der Waals surface area (Å²) in [5.41, 5.74) is 2.38. The Hall–Kier alpha value is -1.26. The molecule has 136 valence electrons. The predicted molar refractivity (Wildman–Crippen MR) is 101 cm³/mol. The number of benzene rings is 1. The van der Waals surface area contributed by atoms with Gasteiger partial charge in [-0.15, -0.1) is 12.4 Å².